The molecule has 4 rings (SSSR count). The van der Waals surface area contributed by atoms with Gasteiger partial charge in [-0.15, -0.1) is 0 Å². The molecule has 0 amide bonds. The first-order valence-corrected chi connectivity index (χ1v) is 7.37. The Kier molecular flexibility index (Phi) is 2.93. The Morgan fingerprint density at radius 3 is 2.14 bits per heavy atom. The lowest BCUT2D eigenvalue weighted by Gasteiger charge is -2.14. The zero-order chi connectivity index (χ0) is 14.1. The lowest BCUT2D eigenvalue weighted by molar-refractivity contribution is 1.31. The van der Waals surface area contributed by atoms with Crippen molar-refractivity contribution >= 4 is 6.08 Å². The smallest absolute Gasteiger partial charge is 0.00820 e. The fourth-order valence-corrected chi connectivity index (χ4v) is 3.13. The maximum atomic E-state index is 2.25. The molecule has 0 fully saturated rings. The zero-order valence-corrected chi connectivity index (χ0v) is 11.8. The molecule has 0 atom stereocenters. The minimum atomic E-state index is 1.04. The third-order valence-corrected chi connectivity index (χ3v) is 4.13. The van der Waals surface area contributed by atoms with Crippen molar-refractivity contribution in [3.8, 4) is 22.3 Å². The van der Waals surface area contributed by atoms with Crippen molar-refractivity contribution in [2.24, 2.45) is 0 Å². The quantitative estimate of drug-likeness (QED) is 0.568. The second kappa shape index (κ2) is 5.06. The molecule has 0 saturated carbocycles. The molecule has 0 aromatic heterocycles. The summed E-state index contributed by atoms with van der Waals surface area (Å²) < 4.78 is 0. The first-order valence-electron chi connectivity index (χ1n) is 7.37. The normalized spacial score (nSPS) is 12.4. The monoisotopic (exact) mass is 268 g/mol. The summed E-state index contributed by atoms with van der Waals surface area (Å²) in [5, 5.41) is 0. The van der Waals surface area contributed by atoms with Gasteiger partial charge in [-0.2, -0.15) is 0 Å². The van der Waals surface area contributed by atoms with Gasteiger partial charge in [-0.25, -0.2) is 0 Å². The van der Waals surface area contributed by atoms with Crippen molar-refractivity contribution < 1.29 is 0 Å². The van der Waals surface area contributed by atoms with Gasteiger partial charge in [-0.1, -0.05) is 84.9 Å². The zero-order valence-electron chi connectivity index (χ0n) is 11.8. The standard InChI is InChI=1S/C21H16/c1-2-8-16(9-3-1)18-12-4-5-13-20(18)21-15-7-11-17-10-6-14-19(17)21/h1-13,15H,14H2. The van der Waals surface area contributed by atoms with E-state index in [2.05, 4.69) is 84.9 Å². The van der Waals surface area contributed by atoms with Gasteiger partial charge in [0.05, 0.1) is 0 Å². The molecule has 0 N–H and O–H groups in total. The van der Waals surface area contributed by atoms with E-state index in [0.29, 0.717) is 0 Å². The highest BCUT2D eigenvalue weighted by molar-refractivity contribution is 5.87. The van der Waals surface area contributed by atoms with Gasteiger partial charge in [0, 0.05) is 0 Å². The van der Waals surface area contributed by atoms with E-state index in [1.54, 1.807) is 0 Å². The number of benzene rings is 3. The molecule has 0 unspecified atom stereocenters. The Morgan fingerprint density at radius 2 is 1.29 bits per heavy atom. The van der Waals surface area contributed by atoms with Gasteiger partial charge in [0.1, 0.15) is 0 Å². The number of hydrogen-bond acceptors (Lipinski definition) is 0. The Balaban J connectivity index is 1.94. The van der Waals surface area contributed by atoms with Crippen LogP contribution in [-0.4, -0.2) is 0 Å². The largest absolute Gasteiger partial charge is 0.0795 e. The Morgan fingerprint density at radius 1 is 0.571 bits per heavy atom. The maximum absolute atomic E-state index is 2.25. The van der Waals surface area contributed by atoms with Crippen LogP contribution in [0, 0.1) is 0 Å². The molecule has 0 bridgehead atoms. The predicted molar refractivity (Wildman–Crippen MR) is 90.1 cm³/mol. The van der Waals surface area contributed by atoms with E-state index in [1.807, 2.05) is 0 Å². The molecular formula is C21H16. The van der Waals surface area contributed by atoms with Gasteiger partial charge >= 0.3 is 0 Å². The van der Waals surface area contributed by atoms with E-state index in [1.165, 1.54) is 33.4 Å². The maximum Gasteiger partial charge on any atom is -0.00820 e. The number of hydrogen-bond donors (Lipinski definition) is 0. The van der Waals surface area contributed by atoms with Crippen LogP contribution in [0.3, 0.4) is 0 Å². The minimum Gasteiger partial charge on any atom is -0.0795 e. The van der Waals surface area contributed by atoms with Crippen molar-refractivity contribution in [2.75, 3.05) is 0 Å². The molecule has 3 aromatic rings. The summed E-state index contributed by atoms with van der Waals surface area (Å²) in [6.07, 6.45) is 5.51. The summed E-state index contributed by atoms with van der Waals surface area (Å²) in [5.74, 6) is 0. The highest BCUT2D eigenvalue weighted by Crippen LogP contribution is 2.36. The summed E-state index contributed by atoms with van der Waals surface area (Å²) in [7, 11) is 0. The second-order valence-corrected chi connectivity index (χ2v) is 5.39. The first kappa shape index (κ1) is 12.2. The van der Waals surface area contributed by atoms with Gasteiger partial charge < -0.3 is 0 Å². The van der Waals surface area contributed by atoms with Gasteiger partial charge in [-0.05, 0) is 39.8 Å². The molecule has 0 aliphatic heterocycles. The van der Waals surface area contributed by atoms with Crippen LogP contribution in [0.15, 0.2) is 78.9 Å². The molecule has 0 heterocycles. The topological polar surface area (TPSA) is 0 Å². The summed E-state index contributed by atoms with van der Waals surface area (Å²) in [6.45, 7) is 0. The first-order chi connectivity index (χ1) is 10.4. The van der Waals surface area contributed by atoms with E-state index >= 15 is 0 Å². The van der Waals surface area contributed by atoms with Crippen molar-refractivity contribution in [3.05, 3.63) is 90.0 Å². The summed E-state index contributed by atoms with van der Waals surface area (Å²) >= 11 is 0. The number of rotatable bonds is 2. The number of fused-ring (bicyclic) bond motifs is 1. The van der Waals surface area contributed by atoms with E-state index in [9.17, 15) is 0 Å². The van der Waals surface area contributed by atoms with Crippen molar-refractivity contribution in [3.63, 3.8) is 0 Å². The van der Waals surface area contributed by atoms with Crippen LogP contribution in [0.2, 0.25) is 0 Å². The molecule has 21 heavy (non-hydrogen) atoms. The van der Waals surface area contributed by atoms with Crippen LogP contribution < -0.4 is 0 Å². The Labute approximate surface area is 125 Å². The van der Waals surface area contributed by atoms with E-state index < -0.39 is 0 Å². The van der Waals surface area contributed by atoms with Gasteiger partial charge in [-0.3, -0.25) is 0 Å². The SMILES string of the molecule is C1=Cc2cccc(-c3ccccc3-c3ccccc3)c2C1. The fourth-order valence-electron chi connectivity index (χ4n) is 3.13. The van der Waals surface area contributed by atoms with Crippen LogP contribution in [0.5, 0.6) is 0 Å². The Hall–Kier alpha value is -2.60. The van der Waals surface area contributed by atoms with Crippen molar-refractivity contribution in [1.82, 2.24) is 0 Å². The van der Waals surface area contributed by atoms with Crippen LogP contribution in [0.4, 0.5) is 0 Å². The van der Waals surface area contributed by atoms with Gasteiger partial charge in [0.25, 0.3) is 0 Å². The molecule has 0 heteroatoms. The third-order valence-electron chi connectivity index (χ3n) is 4.13. The van der Waals surface area contributed by atoms with E-state index in [-0.39, 0.29) is 0 Å². The molecule has 1 aliphatic carbocycles. The summed E-state index contributed by atoms with van der Waals surface area (Å²) in [4.78, 5) is 0. The van der Waals surface area contributed by atoms with E-state index in [0.717, 1.165) is 6.42 Å². The molecule has 3 aromatic carbocycles. The van der Waals surface area contributed by atoms with Crippen LogP contribution in [-0.2, 0) is 6.42 Å². The lowest BCUT2D eigenvalue weighted by atomic mass is 9.90. The average molecular weight is 268 g/mol. The lowest BCUT2D eigenvalue weighted by Crippen LogP contribution is -1.91. The average Bonchev–Trinajstić information content (AvgIpc) is 3.04. The Bertz CT molecular complexity index is 810. The molecule has 0 radical (unpaired) electrons. The van der Waals surface area contributed by atoms with E-state index in [4.69, 9.17) is 0 Å². The van der Waals surface area contributed by atoms with Crippen LogP contribution >= 0.6 is 0 Å². The molecule has 0 saturated heterocycles. The van der Waals surface area contributed by atoms with Crippen molar-refractivity contribution in [1.29, 1.82) is 0 Å². The number of allylic oxidation sites excluding steroid dienone is 1. The minimum absolute atomic E-state index is 1.04. The molecule has 0 nitrogen and oxygen atoms in total. The molecule has 0 spiro atoms. The third kappa shape index (κ3) is 2.09. The molecule has 1 aliphatic rings. The highest BCUT2D eigenvalue weighted by Gasteiger charge is 2.14. The van der Waals surface area contributed by atoms with Crippen LogP contribution in [0.25, 0.3) is 28.3 Å². The predicted octanol–water partition coefficient (Wildman–Crippen LogP) is 5.59. The van der Waals surface area contributed by atoms with Gasteiger partial charge in [0.2, 0.25) is 0 Å². The van der Waals surface area contributed by atoms with Crippen LogP contribution in [0.1, 0.15) is 11.1 Å². The van der Waals surface area contributed by atoms with Gasteiger partial charge in [0.15, 0.2) is 0 Å². The van der Waals surface area contributed by atoms with Crippen molar-refractivity contribution in [2.45, 2.75) is 6.42 Å². The summed E-state index contributed by atoms with van der Waals surface area (Å²) in [5.41, 5.74) is 8.06. The molecular weight excluding hydrogens is 252 g/mol. The second-order valence-electron chi connectivity index (χ2n) is 5.39. The highest BCUT2D eigenvalue weighted by atomic mass is 14.2. The summed E-state index contributed by atoms with van der Waals surface area (Å²) in [6, 6.07) is 25.9. The fraction of sp³-hybridized carbons (Fsp3) is 0.0476. The molecule has 100 valence electrons.